The highest BCUT2D eigenvalue weighted by atomic mass is 16.6. The van der Waals surface area contributed by atoms with Crippen molar-refractivity contribution < 1.29 is 48.7 Å². The number of allylic oxidation sites excluding steroid dienone is 2. The summed E-state index contributed by atoms with van der Waals surface area (Å²) in [6, 6.07) is 0.273. The highest BCUT2D eigenvalue weighted by Crippen LogP contribution is 2.38. The van der Waals surface area contributed by atoms with Gasteiger partial charge in [0.15, 0.2) is 6.10 Å². The van der Waals surface area contributed by atoms with Crippen molar-refractivity contribution in [1.82, 2.24) is 10.2 Å². The molecule has 12 atom stereocenters. The zero-order chi connectivity index (χ0) is 35.4. The van der Waals surface area contributed by atoms with Gasteiger partial charge in [-0.1, -0.05) is 45.1 Å². The zero-order valence-electron chi connectivity index (χ0n) is 29.5. The minimum Gasteiger partial charge on any atom is -0.457 e. The van der Waals surface area contributed by atoms with Crippen LogP contribution in [0.3, 0.4) is 0 Å². The van der Waals surface area contributed by atoms with Crippen LogP contribution in [-0.4, -0.2) is 111 Å². The lowest BCUT2D eigenvalue weighted by Gasteiger charge is -2.37. The maximum atomic E-state index is 13.4. The largest absolute Gasteiger partial charge is 0.457 e. The van der Waals surface area contributed by atoms with Gasteiger partial charge in [-0.2, -0.15) is 0 Å². The molecule has 0 aromatic heterocycles. The van der Waals surface area contributed by atoms with Gasteiger partial charge in [-0.05, 0) is 58.1 Å². The molecule has 3 unspecified atom stereocenters. The van der Waals surface area contributed by atoms with Gasteiger partial charge >= 0.3 is 18.0 Å². The second kappa shape index (κ2) is 15.8. The molecule has 3 saturated heterocycles. The standard InChI is InChI=1S/C36H56N2O10/c1-8-28(41)23(4)33-29(45-33)18-35(6,44)14-9-10-21(2)32-22(3)11-12-30(46-34(43)38-20-25-16-26(38)19-37-25)36(7,48-24(5)39)15-13-27(40)17-31(42)47-32/h9-12,14,22-23,25-30,32-33,37,40-41,44H,8,13,15-20H2,1-7H3/b12-11+,14-9+,21-10+/t22-,23?,25-,26-,27+,28?,29+,30-,32+,33+,35?,36+/m0/s1. The van der Waals surface area contributed by atoms with E-state index in [0.717, 1.165) is 6.42 Å². The molecule has 2 bridgehead atoms. The number of cyclic esters (lactones) is 1. The van der Waals surface area contributed by atoms with Crippen LogP contribution in [0.1, 0.15) is 87.0 Å². The first-order valence-electron chi connectivity index (χ1n) is 17.4. The number of amides is 1. The summed E-state index contributed by atoms with van der Waals surface area (Å²) in [7, 11) is 0. The number of likely N-dealkylation sites (tertiary alicyclic amines) is 1. The van der Waals surface area contributed by atoms with Crippen molar-refractivity contribution in [3.05, 3.63) is 36.0 Å². The number of aliphatic hydroxyl groups is 3. The predicted molar refractivity (Wildman–Crippen MR) is 178 cm³/mol. The van der Waals surface area contributed by atoms with Crippen molar-refractivity contribution in [3.8, 4) is 0 Å². The van der Waals surface area contributed by atoms with E-state index in [1.807, 2.05) is 27.7 Å². The quantitative estimate of drug-likeness (QED) is 0.0881. The summed E-state index contributed by atoms with van der Waals surface area (Å²) in [6.07, 6.45) is 6.52. The summed E-state index contributed by atoms with van der Waals surface area (Å²) < 4.78 is 23.5. The van der Waals surface area contributed by atoms with Crippen LogP contribution >= 0.6 is 0 Å². The second-order valence-corrected chi connectivity index (χ2v) is 14.7. The van der Waals surface area contributed by atoms with Crippen LogP contribution in [0.4, 0.5) is 4.79 Å². The highest BCUT2D eigenvalue weighted by molar-refractivity contribution is 5.71. The molecule has 4 rings (SSSR count). The number of hydrogen-bond acceptors (Lipinski definition) is 11. The summed E-state index contributed by atoms with van der Waals surface area (Å²) in [4.78, 5) is 40.3. The normalized spacial score (nSPS) is 37.5. The van der Waals surface area contributed by atoms with Crippen molar-refractivity contribution in [2.45, 2.75) is 147 Å². The molecule has 4 N–H and O–H groups in total. The molecule has 1 amide bonds. The number of ether oxygens (including phenoxy) is 4. The lowest BCUT2D eigenvalue weighted by molar-refractivity contribution is -0.168. The Bertz CT molecular complexity index is 1250. The number of rotatable bonds is 10. The minimum atomic E-state index is -1.30. The number of fused-ring (bicyclic) bond motifs is 2. The number of esters is 2. The maximum Gasteiger partial charge on any atom is 0.410 e. The van der Waals surface area contributed by atoms with Gasteiger partial charge in [0, 0.05) is 50.4 Å². The Morgan fingerprint density at radius 3 is 2.65 bits per heavy atom. The molecule has 4 aliphatic rings. The smallest absolute Gasteiger partial charge is 0.410 e. The number of aliphatic hydroxyl groups excluding tert-OH is 2. The number of nitrogens with zero attached hydrogens (tertiary/aromatic N) is 1. The summed E-state index contributed by atoms with van der Waals surface area (Å²) >= 11 is 0. The molecule has 3 fully saturated rings. The number of epoxide rings is 1. The van der Waals surface area contributed by atoms with Crippen LogP contribution in [0, 0.1) is 11.8 Å². The van der Waals surface area contributed by atoms with Crippen LogP contribution in [0.25, 0.3) is 0 Å². The van der Waals surface area contributed by atoms with Crippen LogP contribution in [0.5, 0.6) is 0 Å². The Kier molecular flexibility index (Phi) is 12.6. The Balaban J connectivity index is 1.52. The van der Waals surface area contributed by atoms with E-state index >= 15 is 0 Å². The number of carbonyl (C=O) groups is 3. The third-order valence-electron chi connectivity index (χ3n) is 10.2. The average Bonchev–Trinajstić information content (AvgIpc) is 3.40. The average molecular weight is 677 g/mol. The van der Waals surface area contributed by atoms with E-state index in [0.29, 0.717) is 31.5 Å². The van der Waals surface area contributed by atoms with Crippen molar-refractivity contribution >= 4 is 18.0 Å². The SMILES string of the molecule is CCC(O)C(C)[C@H]1O[C@@H]1CC(C)(O)/C=C/C=C(\C)[C@H]1OC(=O)C[C@H](O)CC[C@@](C)(OC(C)=O)[C@@H](OC(=O)N2C[C@@H]3C[C@H]2CN3)/C=C/[C@@H]1C. The lowest BCUT2D eigenvalue weighted by atomic mass is 9.88. The molecule has 0 spiro atoms. The molecule has 4 aliphatic heterocycles. The Morgan fingerprint density at radius 2 is 2.02 bits per heavy atom. The van der Waals surface area contributed by atoms with Gasteiger partial charge in [-0.15, -0.1) is 0 Å². The highest BCUT2D eigenvalue weighted by Gasteiger charge is 2.48. The Hall–Kier alpha value is -2.77. The molecule has 0 aromatic carbocycles. The summed E-state index contributed by atoms with van der Waals surface area (Å²) in [5.74, 6) is -1.56. The molecule has 0 radical (unpaired) electrons. The fraction of sp³-hybridized carbons (Fsp3) is 0.750. The summed E-state index contributed by atoms with van der Waals surface area (Å²) in [5.41, 5.74) is -1.78. The van der Waals surface area contributed by atoms with Crippen molar-refractivity contribution in [2.24, 2.45) is 11.8 Å². The fourth-order valence-corrected chi connectivity index (χ4v) is 7.19. The first-order chi connectivity index (χ1) is 22.5. The van der Waals surface area contributed by atoms with Gasteiger partial charge in [-0.25, -0.2) is 4.79 Å². The van der Waals surface area contributed by atoms with Crippen LogP contribution < -0.4 is 5.32 Å². The lowest BCUT2D eigenvalue weighted by Crippen LogP contribution is -2.51. The van der Waals surface area contributed by atoms with Crippen LogP contribution in [-0.2, 0) is 28.5 Å². The van der Waals surface area contributed by atoms with E-state index in [-0.39, 0.29) is 49.5 Å². The first-order valence-corrected chi connectivity index (χ1v) is 17.4. The molecule has 270 valence electrons. The monoisotopic (exact) mass is 676 g/mol. The third-order valence-corrected chi connectivity index (χ3v) is 10.2. The first kappa shape index (κ1) is 38.0. The molecule has 0 aromatic rings. The zero-order valence-corrected chi connectivity index (χ0v) is 29.5. The van der Waals surface area contributed by atoms with Crippen molar-refractivity contribution in [2.75, 3.05) is 13.1 Å². The van der Waals surface area contributed by atoms with Crippen molar-refractivity contribution in [1.29, 1.82) is 0 Å². The van der Waals surface area contributed by atoms with Crippen molar-refractivity contribution in [3.63, 3.8) is 0 Å². The van der Waals surface area contributed by atoms with E-state index in [9.17, 15) is 29.7 Å². The van der Waals surface area contributed by atoms with E-state index in [2.05, 4.69) is 5.32 Å². The maximum absolute atomic E-state index is 13.4. The molecular formula is C36H56N2O10. The number of hydrogen-bond donors (Lipinski definition) is 4. The predicted octanol–water partition coefficient (Wildman–Crippen LogP) is 3.33. The molecule has 12 heteroatoms. The molecule has 0 aliphatic carbocycles. The Morgan fingerprint density at radius 1 is 1.29 bits per heavy atom. The molecule has 12 nitrogen and oxygen atoms in total. The summed E-state index contributed by atoms with van der Waals surface area (Å²) in [6.45, 7) is 13.4. The van der Waals surface area contributed by atoms with E-state index in [1.165, 1.54) is 6.92 Å². The van der Waals surface area contributed by atoms with E-state index in [1.54, 1.807) is 49.1 Å². The second-order valence-electron chi connectivity index (χ2n) is 14.7. The van der Waals surface area contributed by atoms with Crippen LogP contribution in [0.15, 0.2) is 36.0 Å². The number of piperazine rings is 1. The third kappa shape index (κ3) is 9.90. The van der Waals surface area contributed by atoms with E-state index in [4.69, 9.17) is 18.9 Å². The molecule has 0 saturated carbocycles. The molecular weight excluding hydrogens is 620 g/mol. The summed E-state index contributed by atoms with van der Waals surface area (Å²) in [5, 5.41) is 35.3. The Labute approximate surface area is 284 Å². The number of nitrogens with one attached hydrogen (secondary N) is 1. The van der Waals surface area contributed by atoms with Gasteiger partial charge in [0.2, 0.25) is 0 Å². The van der Waals surface area contributed by atoms with Gasteiger partial charge < -0.3 is 44.5 Å². The van der Waals surface area contributed by atoms with Gasteiger partial charge in [0.25, 0.3) is 0 Å². The van der Waals surface area contributed by atoms with E-state index < -0.39 is 59.6 Å². The minimum absolute atomic E-state index is 0.0200. The van der Waals surface area contributed by atoms with Gasteiger partial charge in [-0.3, -0.25) is 9.59 Å². The molecule has 4 heterocycles. The fourth-order valence-electron chi connectivity index (χ4n) is 7.19. The van der Waals surface area contributed by atoms with Crippen LogP contribution in [0.2, 0.25) is 0 Å². The number of carbonyl (C=O) groups excluding carboxylic acids is 3. The van der Waals surface area contributed by atoms with Gasteiger partial charge in [0.1, 0.15) is 11.7 Å². The topological polar surface area (TPSA) is 167 Å². The van der Waals surface area contributed by atoms with Gasteiger partial charge in [0.05, 0.1) is 36.4 Å². The molecule has 48 heavy (non-hydrogen) atoms.